The van der Waals surface area contributed by atoms with Gasteiger partial charge in [0.2, 0.25) is 0 Å². The Labute approximate surface area is 136 Å². The van der Waals surface area contributed by atoms with E-state index in [9.17, 15) is 15.3 Å². The van der Waals surface area contributed by atoms with E-state index >= 15 is 0 Å². The second-order valence-corrected chi connectivity index (χ2v) is 5.91. The van der Waals surface area contributed by atoms with Crippen LogP contribution in [0.1, 0.15) is 23.6 Å². The number of aromatic hydroxyl groups is 2. The summed E-state index contributed by atoms with van der Waals surface area (Å²) in [5.41, 5.74) is 3.13. The van der Waals surface area contributed by atoms with Crippen LogP contribution in [0.4, 0.5) is 0 Å². The highest BCUT2D eigenvalue weighted by Crippen LogP contribution is 2.34. The number of aryl methyl sites for hydroxylation is 2. The first-order valence-electron chi connectivity index (χ1n) is 7.40. The molecule has 2 rings (SSSR count). The monoisotopic (exact) mass is 314 g/mol. The Morgan fingerprint density at radius 2 is 1.74 bits per heavy atom. The van der Waals surface area contributed by atoms with Gasteiger partial charge in [-0.2, -0.15) is 0 Å². The van der Waals surface area contributed by atoms with E-state index in [1.165, 1.54) is 12.1 Å². The quantitative estimate of drug-likeness (QED) is 0.730. The Kier molecular flexibility index (Phi) is 4.96. The minimum Gasteiger partial charge on any atom is -0.508 e. The van der Waals surface area contributed by atoms with E-state index in [1.807, 2.05) is 13.8 Å². The fraction of sp³-hybridized carbons (Fsp3) is 0.263. The van der Waals surface area contributed by atoms with Crippen LogP contribution in [0.3, 0.4) is 0 Å². The molecule has 0 aromatic heterocycles. The van der Waals surface area contributed by atoms with Crippen LogP contribution < -0.4 is 4.74 Å². The Balaban J connectivity index is 2.41. The number of hydrogen-bond acceptors (Lipinski definition) is 4. The molecule has 122 valence electrons. The summed E-state index contributed by atoms with van der Waals surface area (Å²) in [6, 6.07) is 8.06. The van der Waals surface area contributed by atoms with Gasteiger partial charge in [0.1, 0.15) is 23.0 Å². The molecular weight excluding hydrogens is 292 g/mol. The number of phenols is 2. The van der Waals surface area contributed by atoms with Crippen LogP contribution in [-0.2, 0) is 6.42 Å². The zero-order valence-corrected chi connectivity index (χ0v) is 13.6. The molecule has 2 aromatic carbocycles. The molecule has 0 heterocycles. The molecule has 0 radical (unpaired) electrons. The summed E-state index contributed by atoms with van der Waals surface area (Å²) in [7, 11) is 0. The van der Waals surface area contributed by atoms with Crippen LogP contribution >= 0.6 is 0 Å². The molecule has 0 unspecified atom stereocenters. The van der Waals surface area contributed by atoms with Gasteiger partial charge < -0.3 is 20.1 Å². The van der Waals surface area contributed by atoms with Crippen molar-refractivity contribution in [2.75, 3.05) is 0 Å². The molecule has 3 N–H and O–H groups in total. The van der Waals surface area contributed by atoms with Crippen LogP contribution in [0.5, 0.6) is 23.0 Å². The van der Waals surface area contributed by atoms with Crippen LogP contribution in [0.15, 0.2) is 42.5 Å². The van der Waals surface area contributed by atoms with E-state index in [-0.39, 0.29) is 11.5 Å². The van der Waals surface area contributed by atoms with Crippen molar-refractivity contribution in [1.29, 1.82) is 0 Å². The smallest absolute Gasteiger partial charge is 0.134 e. The van der Waals surface area contributed by atoms with Crippen molar-refractivity contribution in [3.05, 3.63) is 59.2 Å². The summed E-state index contributed by atoms with van der Waals surface area (Å²) < 4.78 is 5.85. The van der Waals surface area contributed by atoms with E-state index in [4.69, 9.17) is 4.74 Å². The number of aliphatic hydroxyl groups is 1. The zero-order chi connectivity index (χ0) is 17.1. The lowest BCUT2D eigenvalue weighted by Crippen LogP contribution is -2.12. The second kappa shape index (κ2) is 6.75. The first-order chi connectivity index (χ1) is 10.8. The lowest BCUT2D eigenvalue weighted by atomic mass is 9.98. The minimum atomic E-state index is -0.688. The lowest BCUT2D eigenvalue weighted by molar-refractivity contribution is 0.210. The molecular formula is C19H22O4. The molecule has 0 spiro atoms. The molecule has 0 bridgehead atoms. The van der Waals surface area contributed by atoms with E-state index < -0.39 is 6.10 Å². The van der Waals surface area contributed by atoms with Gasteiger partial charge in [-0.15, -0.1) is 0 Å². The molecule has 0 saturated carbocycles. The Morgan fingerprint density at radius 3 is 2.35 bits per heavy atom. The van der Waals surface area contributed by atoms with Gasteiger partial charge in [-0.25, -0.2) is 0 Å². The molecule has 23 heavy (non-hydrogen) atoms. The second-order valence-electron chi connectivity index (χ2n) is 5.91. The van der Waals surface area contributed by atoms with Gasteiger partial charge in [-0.1, -0.05) is 12.2 Å². The molecule has 4 nitrogen and oxygen atoms in total. The van der Waals surface area contributed by atoms with Crippen molar-refractivity contribution in [3.8, 4) is 23.0 Å². The maximum atomic E-state index is 10.1. The van der Waals surface area contributed by atoms with Crippen molar-refractivity contribution >= 4 is 0 Å². The Bertz CT molecular complexity index is 714. The molecule has 0 saturated heterocycles. The lowest BCUT2D eigenvalue weighted by Gasteiger charge is -2.18. The average Bonchev–Trinajstić information content (AvgIpc) is 2.41. The molecule has 2 aromatic rings. The third-order valence-electron chi connectivity index (χ3n) is 3.65. The fourth-order valence-electron chi connectivity index (χ4n) is 2.40. The fourth-order valence-corrected chi connectivity index (χ4v) is 2.40. The van der Waals surface area contributed by atoms with Gasteiger partial charge in [-0.05, 0) is 50.1 Å². The molecule has 0 amide bonds. The summed E-state index contributed by atoms with van der Waals surface area (Å²) in [4.78, 5) is 0. The molecule has 0 aliphatic heterocycles. The summed E-state index contributed by atoms with van der Waals surface area (Å²) in [5, 5.41) is 29.6. The summed E-state index contributed by atoms with van der Waals surface area (Å²) >= 11 is 0. The van der Waals surface area contributed by atoms with Crippen LogP contribution in [0, 0.1) is 13.8 Å². The summed E-state index contributed by atoms with van der Waals surface area (Å²) in [6.45, 7) is 9.23. The third-order valence-corrected chi connectivity index (χ3v) is 3.65. The van der Waals surface area contributed by atoms with Gasteiger partial charge in [0.05, 0.1) is 6.10 Å². The average molecular weight is 314 g/mol. The standard InChI is InChI=1S/C19H22O4/c1-11(2)18(22)10-17-13(4)7-15(21)9-19(17)23-16-6-12(3)5-14(20)8-16/h5-9,18,20-22H,1,10H2,2-4H3/t18-/m0/s1. The van der Waals surface area contributed by atoms with E-state index in [0.29, 0.717) is 23.5 Å². The number of aliphatic hydroxyl groups excluding tert-OH is 1. The predicted molar refractivity (Wildman–Crippen MR) is 90.3 cm³/mol. The third kappa shape index (κ3) is 4.27. The maximum Gasteiger partial charge on any atom is 0.134 e. The van der Waals surface area contributed by atoms with Gasteiger partial charge in [0.25, 0.3) is 0 Å². The predicted octanol–water partition coefficient (Wildman–Crippen LogP) is 3.99. The number of hydrogen-bond donors (Lipinski definition) is 3. The van der Waals surface area contributed by atoms with Crippen LogP contribution in [-0.4, -0.2) is 21.4 Å². The summed E-state index contributed by atoms with van der Waals surface area (Å²) in [5.74, 6) is 1.12. The first-order valence-corrected chi connectivity index (χ1v) is 7.40. The van der Waals surface area contributed by atoms with Gasteiger partial charge in [0.15, 0.2) is 0 Å². The summed E-state index contributed by atoms with van der Waals surface area (Å²) in [6.07, 6.45) is -0.347. The van der Waals surface area contributed by atoms with E-state index in [2.05, 4.69) is 6.58 Å². The highest BCUT2D eigenvalue weighted by Gasteiger charge is 2.16. The van der Waals surface area contributed by atoms with Crippen molar-refractivity contribution < 1.29 is 20.1 Å². The van der Waals surface area contributed by atoms with Gasteiger partial charge in [-0.3, -0.25) is 0 Å². The number of phenolic OH excluding ortho intramolecular Hbond substituents is 2. The molecule has 0 aliphatic rings. The SMILES string of the molecule is C=C(C)[C@@H](O)Cc1c(C)cc(O)cc1Oc1cc(C)cc(O)c1. The number of ether oxygens (including phenoxy) is 1. The van der Waals surface area contributed by atoms with Gasteiger partial charge in [0, 0.05) is 24.1 Å². The highest BCUT2D eigenvalue weighted by atomic mass is 16.5. The zero-order valence-electron chi connectivity index (χ0n) is 13.6. The van der Waals surface area contributed by atoms with Crippen molar-refractivity contribution in [1.82, 2.24) is 0 Å². The highest BCUT2D eigenvalue weighted by molar-refractivity contribution is 5.49. The van der Waals surface area contributed by atoms with E-state index in [0.717, 1.165) is 16.7 Å². The topological polar surface area (TPSA) is 69.9 Å². The number of benzene rings is 2. The van der Waals surface area contributed by atoms with Crippen LogP contribution in [0.25, 0.3) is 0 Å². The van der Waals surface area contributed by atoms with Crippen molar-refractivity contribution in [2.45, 2.75) is 33.3 Å². The molecule has 0 aliphatic carbocycles. The normalized spacial score (nSPS) is 12.0. The number of rotatable bonds is 5. The Hall–Kier alpha value is -2.46. The van der Waals surface area contributed by atoms with E-state index in [1.54, 1.807) is 25.1 Å². The van der Waals surface area contributed by atoms with Crippen LogP contribution in [0.2, 0.25) is 0 Å². The first kappa shape index (κ1) is 16.9. The largest absolute Gasteiger partial charge is 0.508 e. The molecule has 1 atom stereocenters. The minimum absolute atomic E-state index is 0.0861. The molecule has 4 heteroatoms. The maximum absolute atomic E-state index is 10.1. The van der Waals surface area contributed by atoms with Gasteiger partial charge >= 0.3 is 0 Å². The van der Waals surface area contributed by atoms with Crippen molar-refractivity contribution in [2.24, 2.45) is 0 Å². The van der Waals surface area contributed by atoms with Crippen molar-refractivity contribution in [3.63, 3.8) is 0 Å². The molecule has 0 fully saturated rings. The Morgan fingerprint density at radius 1 is 1.09 bits per heavy atom.